The molecular formula is C17H17N5O2S. The van der Waals surface area contributed by atoms with E-state index in [9.17, 15) is 9.59 Å². The molecule has 3 rings (SSSR count). The number of benzene rings is 1. The van der Waals surface area contributed by atoms with Gasteiger partial charge in [0.25, 0.3) is 5.56 Å². The molecule has 2 aromatic heterocycles. The zero-order chi connectivity index (χ0) is 17.8. The highest BCUT2D eigenvalue weighted by molar-refractivity contribution is 7.98. The molecule has 128 valence electrons. The first-order chi connectivity index (χ1) is 12.1. The highest BCUT2D eigenvalue weighted by Crippen LogP contribution is 2.15. The molecule has 1 N–H and O–H groups in total. The molecule has 0 radical (unpaired) electrons. The molecule has 0 spiro atoms. The largest absolute Gasteiger partial charge is 0.324 e. The van der Waals surface area contributed by atoms with Crippen molar-refractivity contribution in [2.24, 2.45) is 0 Å². The van der Waals surface area contributed by atoms with Crippen molar-refractivity contribution in [3.63, 3.8) is 0 Å². The average molecular weight is 355 g/mol. The van der Waals surface area contributed by atoms with Crippen LogP contribution in [0.25, 0.3) is 11.0 Å². The minimum absolute atomic E-state index is 0.121. The SMILES string of the molecule is CCc1ccccc1NC(=O)Cn1cnc2nc(SC)ncc2c1=O. The number of nitrogens with zero attached hydrogens (tertiary/aromatic N) is 4. The molecule has 8 heteroatoms. The summed E-state index contributed by atoms with van der Waals surface area (Å²) in [4.78, 5) is 37.3. The van der Waals surface area contributed by atoms with Gasteiger partial charge in [0.2, 0.25) is 5.91 Å². The first-order valence-electron chi connectivity index (χ1n) is 7.76. The predicted octanol–water partition coefficient (Wildman–Crippen LogP) is 2.11. The summed E-state index contributed by atoms with van der Waals surface area (Å²) >= 11 is 1.37. The molecule has 1 aromatic carbocycles. The lowest BCUT2D eigenvalue weighted by atomic mass is 10.1. The van der Waals surface area contributed by atoms with Gasteiger partial charge in [0.05, 0.1) is 0 Å². The van der Waals surface area contributed by atoms with Gasteiger partial charge in [0.1, 0.15) is 18.3 Å². The molecule has 7 nitrogen and oxygen atoms in total. The molecule has 0 fully saturated rings. The van der Waals surface area contributed by atoms with Crippen molar-refractivity contribution < 1.29 is 4.79 Å². The van der Waals surface area contributed by atoms with Crippen LogP contribution >= 0.6 is 11.8 Å². The number of carbonyl (C=O) groups excluding carboxylic acids is 1. The number of fused-ring (bicyclic) bond motifs is 1. The number of hydrogen-bond donors (Lipinski definition) is 1. The fourth-order valence-electron chi connectivity index (χ4n) is 2.44. The van der Waals surface area contributed by atoms with E-state index in [0.29, 0.717) is 16.2 Å². The summed E-state index contributed by atoms with van der Waals surface area (Å²) in [7, 11) is 0. The molecule has 0 aliphatic rings. The number of rotatable bonds is 5. The standard InChI is InChI=1S/C17H17N5O2S/c1-3-11-6-4-5-7-13(11)20-14(23)9-22-10-19-15-12(16(22)24)8-18-17(21-15)25-2/h4-8,10H,3,9H2,1-2H3,(H,20,23). The smallest absolute Gasteiger partial charge is 0.264 e. The minimum atomic E-state index is -0.337. The highest BCUT2D eigenvalue weighted by Gasteiger charge is 2.11. The number of thioether (sulfide) groups is 1. The van der Waals surface area contributed by atoms with Gasteiger partial charge >= 0.3 is 0 Å². The number of amides is 1. The van der Waals surface area contributed by atoms with Crippen LogP contribution in [0.15, 0.2) is 46.7 Å². The summed E-state index contributed by atoms with van der Waals surface area (Å²) in [5.74, 6) is -0.286. The summed E-state index contributed by atoms with van der Waals surface area (Å²) in [6.07, 6.45) is 5.45. The Morgan fingerprint density at radius 3 is 2.84 bits per heavy atom. The molecule has 0 saturated carbocycles. The Kier molecular flexibility index (Phi) is 5.08. The molecule has 0 aliphatic carbocycles. The fourth-order valence-corrected chi connectivity index (χ4v) is 2.78. The zero-order valence-corrected chi connectivity index (χ0v) is 14.7. The third kappa shape index (κ3) is 3.69. The third-order valence-corrected chi connectivity index (χ3v) is 4.29. The van der Waals surface area contributed by atoms with Crippen LogP contribution in [0.1, 0.15) is 12.5 Å². The van der Waals surface area contributed by atoms with Crippen molar-refractivity contribution in [3.05, 3.63) is 52.7 Å². The van der Waals surface area contributed by atoms with Gasteiger partial charge in [-0.3, -0.25) is 14.2 Å². The van der Waals surface area contributed by atoms with Gasteiger partial charge in [0, 0.05) is 11.9 Å². The normalized spacial score (nSPS) is 10.8. The molecule has 0 bridgehead atoms. The van der Waals surface area contributed by atoms with Crippen LogP contribution in [0.3, 0.4) is 0 Å². The van der Waals surface area contributed by atoms with Crippen LogP contribution in [-0.4, -0.2) is 31.7 Å². The Hall–Kier alpha value is -2.74. The first kappa shape index (κ1) is 17.1. The lowest BCUT2D eigenvalue weighted by Gasteiger charge is -2.10. The van der Waals surface area contributed by atoms with Crippen molar-refractivity contribution in [3.8, 4) is 0 Å². The number of para-hydroxylation sites is 1. The molecule has 25 heavy (non-hydrogen) atoms. The van der Waals surface area contributed by atoms with Gasteiger partial charge in [-0.15, -0.1) is 0 Å². The van der Waals surface area contributed by atoms with Crippen LogP contribution in [0.4, 0.5) is 5.69 Å². The summed E-state index contributed by atoms with van der Waals surface area (Å²) in [5, 5.41) is 3.68. The summed E-state index contributed by atoms with van der Waals surface area (Å²) in [5.41, 5.74) is 1.79. The monoisotopic (exact) mass is 355 g/mol. The van der Waals surface area contributed by atoms with Gasteiger partial charge < -0.3 is 5.32 Å². The second-order valence-electron chi connectivity index (χ2n) is 5.33. The zero-order valence-electron chi connectivity index (χ0n) is 13.9. The Bertz CT molecular complexity index is 986. The van der Waals surface area contributed by atoms with Crippen LogP contribution in [0, 0.1) is 0 Å². The molecule has 0 unspecified atom stereocenters. The van der Waals surface area contributed by atoms with E-state index in [0.717, 1.165) is 17.7 Å². The Morgan fingerprint density at radius 2 is 2.08 bits per heavy atom. The van der Waals surface area contributed by atoms with Crippen molar-refractivity contribution >= 4 is 34.4 Å². The molecule has 3 aromatic rings. The van der Waals surface area contributed by atoms with E-state index in [1.54, 1.807) is 0 Å². The number of nitrogens with one attached hydrogen (secondary N) is 1. The van der Waals surface area contributed by atoms with E-state index in [1.165, 1.54) is 28.9 Å². The number of carbonyl (C=O) groups is 1. The van der Waals surface area contributed by atoms with Gasteiger partial charge in [-0.25, -0.2) is 15.0 Å². The van der Waals surface area contributed by atoms with Crippen LogP contribution < -0.4 is 10.9 Å². The van der Waals surface area contributed by atoms with E-state index >= 15 is 0 Å². The number of aryl methyl sites for hydroxylation is 1. The van der Waals surface area contributed by atoms with E-state index in [1.807, 2.05) is 37.4 Å². The van der Waals surface area contributed by atoms with Gasteiger partial charge in [0.15, 0.2) is 10.8 Å². The van der Waals surface area contributed by atoms with Crippen molar-refractivity contribution in [2.45, 2.75) is 25.0 Å². The lowest BCUT2D eigenvalue weighted by Crippen LogP contribution is -2.28. The van der Waals surface area contributed by atoms with Gasteiger partial charge in [-0.1, -0.05) is 36.9 Å². The predicted molar refractivity (Wildman–Crippen MR) is 97.8 cm³/mol. The summed E-state index contributed by atoms with van der Waals surface area (Å²) < 4.78 is 1.26. The highest BCUT2D eigenvalue weighted by atomic mass is 32.2. The Balaban J connectivity index is 1.84. The summed E-state index contributed by atoms with van der Waals surface area (Å²) in [6, 6.07) is 7.59. The van der Waals surface area contributed by atoms with E-state index in [-0.39, 0.29) is 18.0 Å². The van der Waals surface area contributed by atoms with E-state index in [2.05, 4.69) is 20.3 Å². The van der Waals surface area contributed by atoms with E-state index in [4.69, 9.17) is 0 Å². The molecule has 0 aliphatic heterocycles. The maximum atomic E-state index is 12.5. The van der Waals surface area contributed by atoms with Crippen molar-refractivity contribution in [1.82, 2.24) is 19.5 Å². The van der Waals surface area contributed by atoms with Gasteiger partial charge in [-0.2, -0.15) is 0 Å². The average Bonchev–Trinajstić information content (AvgIpc) is 2.64. The molecule has 2 heterocycles. The first-order valence-corrected chi connectivity index (χ1v) is 8.98. The topological polar surface area (TPSA) is 89.8 Å². The summed E-state index contributed by atoms with van der Waals surface area (Å²) in [6.45, 7) is 1.90. The lowest BCUT2D eigenvalue weighted by molar-refractivity contribution is -0.116. The Morgan fingerprint density at radius 1 is 1.28 bits per heavy atom. The Labute approximate surface area is 148 Å². The van der Waals surface area contributed by atoms with Crippen LogP contribution in [0.2, 0.25) is 0 Å². The van der Waals surface area contributed by atoms with Crippen molar-refractivity contribution in [2.75, 3.05) is 11.6 Å². The maximum Gasteiger partial charge on any atom is 0.264 e. The fraction of sp³-hybridized carbons (Fsp3) is 0.235. The molecular weight excluding hydrogens is 338 g/mol. The van der Waals surface area contributed by atoms with Gasteiger partial charge in [-0.05, 0) is 24.3 Å². The van der Waals surface area contributed by atoms with Crippen LogP contribution in [-0.2, 0) is 17.8 Å². The second kappa shape index (κ2) is 7.43. The number of hydrogen-bond acceptors (Lipinski definition) is 6. The molecule has 0 saturated heterocycles. The molecule has 1 amide bonds. The number of anilines is 1. The van der Waals surface area contributed by atoms with Crippen molar-refractivity contribution in [1.29, 1.82) is 0 Å². The van der Waals surface area contributed by atoms with Crippen LogP contribution in [0.5, 0.6) is 0 Å². The quantitative estimate of drug-likeness (QED) is 0.557. The van der Waals surface area contributed by atoms with E-state index < -0.39 is 0 Å². The molecule has 0 atom stereocenters. The third-order valence-electron chi connectivity index (χ3n) is 3.73. The maximum absolute atomic E-state index is 12.5. The number of aromatic nitrogens is 4. The second-order valence-corrected chi connectivity index (χ2v) is 6.10. The minimum Gasteiger partial charge on any atom is -0.324 e.